The Morgan fingerprint density at radius 2 is 1.28 bits per heavy atom. The molecule has 3 aromatic rings. The molecule has 0 aliphatic rings. The van der Waals surface area contributed by atoms with Crippen LogP contribution in [-0.2, 0) is 18.3 Å². The molecule has 0 saturated heterocycles. The SMILES string of the molecule is CN(C)c1ccc(-c2ccc(C(F)(F)CNC(=O)c3ccccc3C(F)(F)F)c(C(F)(F)F)c2)cc1. The third-order valence-electron chi connectivity index (χ3n) is 5.38. The van der Waals surface area contributed by atoms with Crippen LogP contribution in [0.2, 0.25) is 0 Å². The molecule has 1 N–H and O–H groups in total. The van der Waals surface area contributed by atoms with Crippen molar-refractivity contribution in [2.24, 2.45) is 0 Å². The van der Waals surface area contributed by atoms with Gasteiger partial charge in [0.05, 0.1) is 23.2 Å². The van der Waals surface area contributed by atoms with Gasteiger partial charge in [-0.3, -0.25) is 4.79 Å². The van der Waals surface area contributed by atoms with Crippen molar-refractivity contribution in [3.8, 4) is 11.1 Å². The lowest BCUT2D eigenvalue weighted by Crippen LogP contribution is -2.37. The van der Waals surface area contributed by atoms with E-state index in [-0.39, 0.29) is 5.56 Å². The number of carbonyl (C=O) groups excluding carboxylic acids is 1. The van der Waals surface area contributed by atoms with Gasteiger partial charge in [-0.25, -0.2) is 0 Å². The first-order valence-electron chi connectivity index (χ1n) is 10.4. The number of alkyl halides is 8. The van der Waals surface area contributed by atoms with E-state index in [1.807, 2.05) is 0 Å². The molecule has 0 aliphatic carbocycles. The Morgan fingerprint density at radius 3 is 1.83 bits per heavy atom. The molecule has 3 rings (SSSR count). The average molecular weight is 516 g/mol. The Kier molecular flexibility index (Phi) is 7.33. The van der Waals surface area contributed by atoms with Gasteiger partial charge in [-0.05, 0) is 41.5 Å². The molecular weight excluding hydrogens is 496 g/mol. The number of nitrogens with zero attached hydrogens (tertiary/aromatic N) is 1. The molecule has 0 fully saturated rings. The van der Waals surface area contributed by atoms with Crippen molar-refractivity contribution in [3.05, 3.63) is 89.0 Å². The van der Waals surface area contributed by atoms with E-state index in [2.05, 4.69) is 0 Å². The minimum atomic E-state index is -5.16. The van der Waals surface area contributed by atoms with Gasteiger partial charge < -0.3 is 10.2 Å². The lowest BCUT2D eigenvalue weighted by atomic mass is 9.95. The van der Waals surface area contributed by atoms with Gasteiger partial charge in [-0.1, -0.05) is 36.4 Å². The van der Waals surface area contributed by atoms with Crippen molar-refractivity contribution >= 4 is 11.6 Å². The normalized spacial score (nSPS) is 12.4. The number of amides is 1. The maximum atomic E-state index is 14.9. The number of anilines is 1. The summed E-state index contributed by atoms with van der Waals surface area (Å²) in [7, 11) is 3.54. The lowest BCUT2D eigenvalue weighted by molar-refractivity contribution is -0.142. The van der Waals surface area contributed by atoms with Gasteiger partial charge in [0.2, 0.25) is 0 Å². The Balaban J connectivity index is 1.91. The summed E-state index contributed by atoms with van der Waals surface area (Å²) in [6.45, 7) is -1.64. The fourth-order valence-electron chi connectivity index (χ4n) is 3.54. The van der Waals surface area contributed by atoms with Crippen LogP contribution in [0.5, 0.6) is 0 Å². The number of rotatable bonds is 6. The summed E-state index contributed by atoms with van der Waals surface area (Å²) in [5.41, 5.74) is -4.13. The maximum Gasteiger partial charge on any atom is 0.417 e. The van der Waals surface area contributed by atoms with E-state index in [4.69, 9.17) is 0 Å². The van der Waals surface area contributed by atoms with Gasteiger partial charge >= 0.3 is 12.4 Å². The van der Waals surface area contributed by atoms with Crippen molar-refractivity contribution in [3.63, 3.8) is 0 Å². The summed E-state index contributed by atoms with van der Waals surface area (Å²) < 4.78 is 110. The molecular formula is C25H20F8N2O. The molecule has 3 aromatic carbocycles. The first-order chi connectivity index (χ1) is 16.6. The summed E-state index contributed by atoms with van der Waals surface area (Å²) in [5.74, 6) is -5.73. The highest BCUT2D eigenvalue weighted by Crippen LogP contribution is 2.41. The van der Waals surface area contributed by atoms with Crippen molar-refractivity contribution in [2.75, 3.05) is 25.5 Å². The van der Waals surface area contributed by atoms with Crippen LogP contribution in [0.25, 0.3) is 11.1 Å². The zero-order valence-electron chi connectivity index (χ0n) is 18.9. The van der Waals surface area contributed by atoms with Crippen LogP contribution in [0.4, 0.5) is 40.8 Å². The summed E-state index contributed by atoms with van der Waals surface area (Å²) in [4.78, 5) is 14.0. The Bertz CT molecular complexity index is 1230. The Morgan fingerprint density at radius 1 is 0.722 bits per heavy atom. The van der Waals surface area contributed by atoms with Crippen LogP contribution in [0.3, 0.4) is 0 Å². The molecule has 0 atom stereocenters. The van der Waals surface area contributed by atoms with Gasteiger partial charge in [0.1, 0.15) is 0 Å². The highest BCUT2D eigenvalue weighted by atomic mass is 19.4. The third kappa shape index (κ3) is 5.95. The van der Waals surface area contributed by atoms with Crippen LogP contribution < -0.4 is 10.2 Å². The number of carbonyl (C=O) groups is 1. The molecule has 0 heterocycles. The number of nitrogens with one attached hydrogen (secondary N) is 1. The second kappa shape index (κ2) is 9.79. The summed E-state index contributed by atoms with van der Waals surface area (Å²) in [6.07, 6.45) is -10.1. The van der Waals surface area contributed by atoms with Gasteiger partial charge in [0, 0.05) is 25.3 Å². The van der Waals surface area contributed by atoms with E-state index >= 15 is 0 Å². The van der Waals surface area contributed by atoms with Crippen molar-refractivity contribution in [1.29, 1.82) is 0 Å². The smallest absolute Gasteiger partial charge is 0.378 e. The van der Waals surface area contributed by atoms with E-state index in [0.717, 1.165) is 30.0 Å². The van der Waals surface area contributed by atoms with Crippen molar-refractivity contribution in [1.82, 2.24) is 5.32 Å². The molecule has 11 heteroatoms. The molecule has 0 unspecified atom stereocenters. The highest BCUT2D eigenvalue weighted by molar-refractivity contribution is 5.95. The number of hydrogen-bond acceptors (Lipinski definition) is 2. The third-order valence-corrected chi connectivity index (χ3v) is 5.38. The monoisotopic (exact) mass is 516 g/mol. The van der Waals surface area contributed by atoms with E-state index in [1.165, 1.54) is 0 Å². The Hall–Kier alpha value is -3.63. The fraction of sp³-hybridized carbons (Fsp3) is 0.240. The average Bonchev–Trinajstić information content (AvgIpc) is 2.81. The van der Waals surface area contributed by atoms with Gasteiger partial charge in [-0.2, -0.15) is 35.1 Å². The second-order valence-corrected chi connectivity index (χ2v) is 8.13. The van der Waals surface area contributed by atoms with Crippen LogP contribution >= 0.6 is 0 Å². The van der Waals surface area contributed by atoms with Crippen LogP contribution in [0.1, 0.15) is 27.0 Å². The standard InChI is InChI=1S/C25H20F8N2O/c1-35(2)17-10-7-15(8-11-17)16-9-12-20(21(13-16)25(31,32)33)23(26,27)14-34-22(36)18-5-3-4-6-19(18)24(28,29)30/h3-13H,14H2,1-2H3,(H,34,36). The second-order valence-electron chi connectivity index (χ2n) is 8.13. The summed E-state index contributed by atoms with van der Waals surface area (Å²) >= 11 is 0. The van der Waals surface area contributed by atoms with E-state index in [9.17, 15) is 39.9 Å². The van der Waals surface area contributed by atoms with Crippen molar-refractivity contribution < 1.29 is 39.9 Å². The molecule has 192 valence electrons. The van der Waals surface area contributed by atoms with Crippen LogP contribution in [0.15, 0.2) is 66.7 Å². The number of halogens is 8. The molecule has 0 saturated carbocycles. The van der Waals surface area contributed by atoms with Gasteiger partial charge in [-0.15, -0.1) is 0 Å². The highest BCUT2D eigenvalue weighted by Gasteiger charge is 2.43. The van der Waals surface area contributed by atoms with Crippen LogP contribution in [0, 0.1) is 0 Å². The molecule has 36 heavy (non-hydrogen) atoms. The largest absolute Gasteiger partial charge is 0.417 e. The minimum absolute atomic E-state index is 0.0373. The topological polar surface area (TPSA) is 32.3 Å². The van der Waals surface area contributed by atoms with Crippen molar-refractivity contribution in [2.45, 2.75) is 18.3 Å². The summed E-state index contributed by atoms with van der Waals surface area (Å²) in [5, 5.41) is 1.63. The molecule has 0 bridgehead atoms. The first-order valence-corrected chi connectivity index (χ1v) is 10.4. The molecule has 0 aromatic heterocycles. The van der Waals surface area contributed by atoms with E-state index < -0.39 is 53.0 Å². The quantitative estimate of drug-likeness (QED) is 0.359. The van der Waals surface area contributed by atoms with Crippen LogP contribution in [-0.4, -0.2) is 26.5 Å². The predicted molar refractivity (Wildman–Crippen MR) is 119 cm³/mol. The zero-order valence-corrected chi connectivity index (χ0v) is 18.9. The molecule has 1 amide bonds. The lowest BCUT2D eigenvalue weighted by Gasteiger charge is -2.23. The Labute approximate surface area is 201 Å². The molecule has 0 radical (unpaired) electrons. The maximum absolute atomic E-state index is 14.9. The molecule has 0 aliphatic heterocycles. The number of hydrogen-bond donors (Lipinski definition) is 1. The molecule has 3 nitrogen and oxygen atoms in total. The van der Waals surface area contributed by atoms with E-state index in [1.54, 1.807) is 48.6 Å². The van der Waals surface area contributed by atoms with E-state index in [0.29, 0.717) is 23.8 Å². The first kappa shape index (κ1) is 27.0. The minimum Gasteiger partial charge on any atom is -0.378 e. The van der Waals surface area contributed by atoms with Gasteiger partial charge in [0.25, 0.3) is 11.8 Å². The number of benzene rings is 3. The summed E-state index contributed by atoms with van der Waals surface area (Å²) in [6, 6.07) is 12.2. The fourth-order valence-corrected chi connectivity index (χ4v) is 3.54. The zero-order chi connectivity index (χ0) is 26.9. The molecule has 0 spiro atoms. The predicted octanol–water partition coefficient (Wildman–Crippen LogP) is 6.98. The van der Waals surface area contributed by atoms with Gasteiger partial charge in [0.15, 0.2) is 0 Å².